The summed E-state index contributed by atoms with van der Waals surface area (Å²) in [5, 5.41) is 9.79. The molecule has 0 aliphatic rings. The van der Waals surface area contributed by atoms with Crippen LogP contribution < -0.4 is 4.90 Å². The third-order valence-electron chi connectivity index (χ3n) is 2.98. The number of aliphatic hydroxyl groups excluding tert-OH is 1. The van der Waals surface area contributed by atoms with Crippen molar-refractivity contribution in [3.63, 3.8) is 0 Å². The SMILES string of the molecule is CCN(CCCN(C)C)c1ncccc1[C@@H](C)O. The van der Waals surface area contributed by atoms with Crippen molar-refractivity contribution in [3.05, 3.63) is 23.9 Å². The van der Waals surface area contributed by atoms with E-state index in [-0.39, 0.29) is 0 Å². The van der Waals surface area contributed by atoms with Crippen LogP contribution in [0.15, 0.2) is 18.3 Å². The van der Waals surface area contributed by atoms with Gasteiger partial charge in [-0.1, -0.05) is 6.07 Å². The average molecular weight is 251 g/mol. The Hall–Kier alpha value is -1.13. The Morgan fingerprint density at radius 3 is 2.61 bits per heavy atom. The highest BCUT2D eigenvalue weighted by molar-refractivity contribution is 5.47. The maximum Gasteiger partial charge on any atom is 0.134 e. The fourth-order valence-corrected chi connectivity index (χ4v) is 1.99. The molecule has 0 saturated carbocycles. The van der Waals surface area contributed by atoms with Crippen molar-refractivity contribution in [2.45, 2.75) is 26.4 Å². The van der Waals surface area contributed by atoms with Gasteiger partial charge in [0, 0.05) is 24.8 Å². The predicted molar refractivity (Wildman–Crippen MR) is 75.9 cm³/mol. The predicted octanol–water partition coefficient (Wildman–Crippen LogP) is 1.91. The summed E-state index contributed by atoms with van der Waals surface area (Å²) in [6, 6.07) is 3.82. The number of pyridine rings is 1. The zero-order valence-corrected chi connectivity index (χ0v) is 11.9. The van der Waals surface area contributed by atoms with Crippen molar-refractivity contribution in [2.75, 3.05) is 38.6 Å². The minimum atomic E-state index is -0.475. The van der Waals surface area contributed by atoms with Crippen molar-refractivity contribution < 1.29 is 5.11 Å². The Morgan fingerprint density at radius 1 is 1.33 bits per heavy atom. The fourth-order valence-electron chi connectivity index (χ4n) is 1.99. The summed E-state index contributed by atoms with van der Waals surface area (Å²) >= 11 is 0. The minimum Gasteiger partial charge on any atom is -0.389 e. The quantitative estimate of drug-likeness (QED) is 0.803. The van der Waals surface area contributed by atoms with Crippen molar-refractivity contribution in [3.8, 4) is 0 Å². The maximum absolute atomic E-state index is 9.79. The molecule has 1 rings (SSSR count). The molecule has 0 aliphatic heterocycles. The number of hydrogen-bond acceptors (Lipinski definition) is 4. The van der Waals surface area contributed by atoms with E-state index in [9.17, 15) is 5.11 Å². The molecule has 4 nitrogen and oxygen atoms in total. The molecule has 1 aromatic rings. The molecule has 4 heteroatoms. The van der Waals surface area contributed by atoms with Gasteiger partial charge in [-0.2, -0.15) is 0 Å². The van der Waals surface area contributed by atoms with E-state index in [4.69, 9.17) is 0 Å². The van der Waals surface area contributed by atoms with Crippen molar-refractivity contribution >= 4 is 5.82 Å². The van der Waals surface area contributed by atoms with Gasteiger partial charge >= 0.3 is 0 Å². The first-order valence-corrected chi connectivity index (χ1v) is 6.59. The van der Waals surface area contributed by atoms with E-state index in [0.29, 0.717) is 0 Å². The minimum absolute atomic E-state index is 0.475. The first-order valence-electron chi connectivity index (χ1n) is 6.59. The van der Waals surface area contributed by atoms with Crippen LogP contribution in [0.4, 0.5) is 5.82 Å². The number of hydrogen-bond donors (Lipinski definition) is 1. The van der Waals surface area contributed by atoms with Gasteiger partial charge in [0.15, 0.2) is 0 Å². The first kappa shape index (κ1) is 14.9. The average Bonchev–Trinajstić information content (AvgIpc) is 2.34. The van der Waals surface area contributed by atoms with Crippen LogP contribution in [0.3, 0.4) is 0 Å². The summed E-state index contributed by atoms with van der Waals surface area (Å²) in [6.45, 7) is 6.84. The first-order chi connectivity index (χ1) is 8.56. The molecule has 102 valence electrons. The highest BCUT2D eigenvalue weighted by Gasteiger charge is 2.13. The Balaban J connectivity index is 2.75. The van der Waals surface area contributed by atoms with Gasteiger partial charge in [-0.3, -0.25) is 0 Å². The third-order valence-corrected chi connectivity index (χ3v) is 2.98. The molecule has 0 radical (unpaired) electrons. The molecule has 0 unspecified atom stereocenters. The number of anilines is 1. The van der Waals surface area contributed by atoms with E-state index in [1.807, 2.05) is 12.1 Å². The second-order valence-electron chi connectivity index (χ2n) is 4.83. The normalized spacial score (nSPS) is 12.8. The van der Waals surface area contributed by atoms with Gasteiger partial charge < -0.3 is 14.9 Å². The van der Waals surface area contributed by atoms with Crippen LogP contribution in [0.5, 0.6) is 0 Å². The summed E-state index contributed by atoms with van der Waals surface area (Å²) in [5.41, 5.74) is 0.907. The van der Waals surface area contributed by atoms with Crippen molar-refractivity contribution in [2.24, 2.45) is 0 Å². The monoisotopic (exact) mass is 251 g/mol. The fraction of sp³-hybridized carbons (Fsp3) is 0.643. The van der Waals surface area contributed by atoms with E-state index in [0.717, 1.165) is 37.4 Å². The van der Waals surface area contributed by atoms with Crippen molar-refractivity contribution in [1.82, 2.24) is 9.88 Å². The summed E-state index contributed by atoms with van der Waals surface area (Å²) in [4.78, 5) is 8.83. The summed E-state index contributed by atoms with van der Waals surface area (Å²) in [6.07, 6.45) is 2.41. The lowest BCUT2D eigenvalue weighted by Gasteiger charge is -2.25. The Morgan fingerprint density at radius 2 is 2.06 bits per heavy atom. The molecule has 0 bridgehead atoms. The van der Waals surface area contributed by atoms with Gasteiger partial charge in [0.2, 0.25) is 0 Å². The lowest BCUT2D eigenvalue weighted by Crippen LogP contribution is -2.28. The molecule has 0 aliphatic carbocycles. The van der Waals surface area contributed by atoms with Crippen molar-refractivity contribution in [1.29, 1.82) is 0 Å². The molecule has 1 N–H and O–H groups in total. The Labute approximate surface area is 110 Å². The van der Waals surface area contributed by atoms with Crippen LogP contribution in [0.25, 0.3) is 0 Å². The number of aromatic nitrogens is 1. The van der Waals surface area contributed by atoms with Gasteiger partial charge in [-0.05, 0) is 47.0 Å². The zero-order valence-electron chi connectivity index (χ0n) is 11.9. The Bertz CT molecular complexity index is 353. The van der Waals surface area contributed by atoms with Gasteiger partial charge in [0.1, 0.15) is 5.82 Å². The molecular weight excluding hydrogens is 226 g/mol. The molecule has 1 heterocycles. The molecule has 0 saturated heterocycles. The summed E-state index contributed by atoms with van der Waals surface area (Å²) < 4.78 is 0. The van der Waals surface area contributed by atoms with E-state index in [2.05, 4.69) is 35.8 Å². The topological polar surface area (TPSA) is 39.6 Å². The van der Waals surface area contributed by atoms with Crippen LogP contribution in [0.2, 0.25) is 0 Å². The molecule has 0 spiro atoms. The molecule has 1 aromatic heterocycles. The van der Waals surface area contributed by atoms with E-state index >= 15 is 0 Å². The van der Waals surface area contributed by atoms with Gasteiger partial charge in [0.25, 0.3) is 0 Å². The summed E-state index contributed by atoms with van der Waals surface area (Å²) in [7, 11) is 4.16. The maximum atomic E-state index is 9.79. The smallest absolute Gasteiger partial charge is 0.134 e. The standard InChI is InChI=1S/C14H25N3O/c1-5-17(11-7-10-16(3)4)14-13(12(2)18)8-6-9-15-14/h6,8-9,12,18H,5,7,10-11H2,1-4H3/t12-/m1/s1. The van der Waals surface area contributed by atoms with Crippen LogP contribution >= 0.6 is 0 Å². The van der Waals surface area contributed by atoms with E-state index in [1.165, 1.54) is 0 Å². The lowest BCUT2D eigenvalue weighted by molar-refractivity contribution is 0.199. The highest BCUT2D eigenvalue weighted by atomic mass is 16.3. The number of rotatable bonds is 7. The second kappa shape index (κ2) is 7.34. The van der Waals surface area contributed by atoms with Crippen LogP contribution in [0, 0.1) is 0 Å². The third kappa shape index (κ3) is 4.27. The van der Waals surface area contributed by atoms with Gasteiger partial charge in [-0.25, -0.2) is 4.98 Å². The number of aliphatic hydroxyl groups is 1. The van der Waals surface area contributed by atoms with Crippen LogP contribution in [-0.4, -0.2) is 48.7 Å². The zero-order chi connectivity index (χ0) is 13.5. The molecule has 18 heavy (non-hydrogen) atoms. The van der Waals surface area contributed by atoms with E-state index < -0.39 is 6.10 Å². The molecule has 0 amide bonds. The Kier molecular flexibility index (Phi) is 6.09. The summed E-state index contributed by atoms with van der Waals surface area (Å²) in [5.74, 6) is 0.911. The number of nitrogens with zero attached hydrogens (tertiary/aromatic N) is 3. The van der Waals surface area contributed by atoms with Gasteiger partial charge in [0.05, 0.1) is 6.10 Å². The lowest BCUT2D eigenvalue weighted by atomic mass is 10.1. The van der Waals surface area contributed by atoms with Crippen LogP contribution in [-0.2, 0) is 0 Å². The van der Waals surface area contributed by atoms with E-state index in [1.54, 1.807) is 13.1 Å². The van der Waals surface area contributed by atoms with Gasteiger partial charge in [-0.15, -0.1) is 0 Å². The molecular formula is C14H25N3O. The van der Waals surface area contributed by atoms with Crippen LogP contribution in [0.1, 0.15) is 31.9 Å². The molecule has 1 atom stereocenters. The molecule has 0 fully saturated rings. The molecule has 0 aromatic carbocycles. The highest BCUT2D eigenvalue weighted by Crippen LogP contribution is 2.23. The largest absolute Gasteiger partial charge is 0.389 e. The second-order valence-corrected chi connectivity index (χ2v) is 4.83.